The highest BCUT2D eigenvalue weighted by Gasteiger charge is 2.30. The molecule has 0 aliphatic carbocycles. The van der Waals surface area contributed by atoms with Crippen molar-refractivity contribution in [1.29, 1.82) is 0 Å². The monoisotopic (exact) mass is 748 g/mol. The number of anilines is 4. The highest BCUT2D eigenvalue weighted by molar-refractivity contribution is 7.99. The second-order valence-corrected chi connectivity index (χ2v) is 16.9. The third-order valence-corrected chi connectivity index (χ3v) is 13.0. The molecule has 12 nitrogen and oxygen atoms in total. The van der Waals surface area contributed by atoms with Gasteiger partial charge in [-0.25, -0.2) is 9.97 Å². The summed E-state index contributed by atoms with van der Waals surface area (Å²) in [5.41, 5.74) is 15.5. The van der Waals surface area contributed by atoms with E-state index in [4.69, 9.17) is 23.1 Å². The summed E-state index contributed by atoms with van der Waals surface area (Å²) in [5, 5.41) is 17.4. The van der Waals surface area contributed by atoms with Gasteiger partial charge in [-0.3, -0.25) is 9.78 Å². The largest absolute Gasteiger partial charge is 0.384 e. The molecule has 7 rings (SSSR count). The van der Waals surface area contributed by atoms with E-state index in [1.807, 2.05) is 24.4 Å². The summed E-state index contributed by atoms with van der Waals surface area (Å²) in [6, 6.07) is 8.18. The van der Waals surface area contributed by atoms with Gasteiger partial charge in [0, 0.05) is 55.9 Å². The van der Waals surface area contributed by atoms with Crippen LogP contribution in [-0.2, 0) is 4.79 Å². The van der Waals surface area contributed by atoms with Crippen LogP contribution >= 0.6 is 23.4 Å². The fourth-order valence-electron chi connectivity index (χ4n) is 7.98. The Balaban J connectivity index is 0.841. The third kappa shape index (κ3) is 9.04. The first-order valence-corrected chi connectivity index (χ1v) is 20.1. The number of halogens is 1. The van der Waals surface area contributed by atoms with Gasteiger partial charge in [0.05, 0.1) is 34.7 Å². The molecule has 2 unspecified atom stereocenters. The third-order valence-electron chi connectivity index (χ3n) is 11.4. The number of nitrogen functional groups attached to an aromatic ring is 1. The van der Waals surface area contributed by atoms with Crippen LogP contribution in [0, 0.1) is 11.8 Å². The summed E-state index contributed by atoms with van der Waals surface area (Å²) in [6.07, 6.45) is 12.5. The number of piperidine rings is 4. The first-order valence-electron chi connectivity index (χ1n) is 18.9. The molecule has 1 aromatic carbocycles. The van der Waals surface area contributed by atoms with Crippen LogP contribution in [-0.4, -0.2) is 95.0 Å². The molecule has 0 saturated carbocycles. The summed E-state index contributed by atoms with van der Waals surface area (Å²) >= 11 is 8.36. The number of likely N-dealkylation sites (tertiary alicyclic amines) is 1. The molecule has 6 heterocycles. The number of aliphatic hydroxyl groups is 1. The molecule has 0 bridgehead atoms. The minimum absolute atomic E-state index is 0.114. The van der Waals surface area contributed by atoms with Crippen LogP contribution in [0.2, 0.25) is 5.02 Å². The first kappa shape index (κ1) is 37.0. The summed E-state index contributed by atoms with van der Waals surface area (Å²) < 4.78 is 0. The number of hydrogen-bond donors (Lipinski definition) is 5. The molecule has 7 N–H and O–H groups in total. The number of benzene rings is 1. The van der Waals surface area contributed by atoms with Gasteiger partial charge in [-0.2, -0.15) is 0 Å². The van der Waals surface area contributed by atoms with Gasteiger partial charge in [0.25, 0.3) is 0 Å². The topological polar surface area (TPSA) is 162 Å². The minimum Gasteiger partial charge on any atom is -0.384 e. The Morgan fingerprint density at radius 3 is 2.48 bits per heavy atom. The number of hydrogen-bond acceptors (Lipinski definition) is 12. The Labute approximate surface area is 316 Å². The standard InChI is InChI=1S/C38H53ClN10O2S/c1-38(41)11-17-49(18-12-38)32-23-44-37(35(40)45-32)52-31-4-2-3-30(34(31)39)43-20-25-7-13-47(14-8-25)24-26-9-15-48(16-10-26)28-19-27(21-42-22-28)29-5-6-33(50)46-36(29)51/h2-4,19,21-23,25-26,29,33,43,50H,5-18,20,24,41H2,1H3,(H2,40,45)(H,46,51). The quantitative estimate of drug-likeness (QED) is 0.191. The maximum Gasteiger partial charge on any atom is 0.229 e. The van der Waals surface area contributed by atoms with E-state index in [0.29, 0.717) is 40.5 Å². The van der Waals surface area contributed by atoms with Gasteiger partial charge in [-0.05, 0) is 107 Å². The van der Waals surface area contributed by atoms with E-state index in [0.717, 1.165) is 106 Å². The molecule has 4 fully saturated rings. The van der Waals surface area contributed by atoms with E-state index in [2.05, 4.69) is 53.3 Å². The van der Waals surface area contributed by atoms with Crippen LogP contribution in [0.15, 0.2) is 52.8 Å². The lowest BCUT2D eigenvalue weighted by Crippen LogP contribution is -2.48. The van der Waals surface area contributed by atoms with Crippen molar-refractivity contribution in [3.8, 4) is 0 Å². The SMILES string of the molecule is CC1(N)CCN(c2cnc(Sc3cccc(NCC4CCN(CC5CCN(c6cncc(C7CCC(O)NC7=O)c6)CC5)CC4)c3Cl)c(N)n2)CC1. The van der Waals surface area contributed by atoms with Gasteiger partial charge in [-0.15, -0.1) is 0 Å². The van der Waals surface area contributed by atoms with Crippen LogP contribution in [0.1, 0.15) is 69.8 Å². The number of aromatic nitrogens is 3. The second kappa shape index (κ2) is 16.3. The van der Waals surface area contributed by atoms with Gasteiger partial charge in [0.2, 0.25) is 5.91 Å². The van der Waals surface area contributed by atoms with Gasteiger partial charge < -0.3 is 41.9 Å². The number of rotatable bonds is 10. The number of carbonyl (C=O) groups excluding carboxylic acids is 1. The van der Waals surface area contributed by atoms with Gasteiger partial charge in [0.15, 0.2) is 5.82 Å². The molecule has 52 heavy (non-hydrogen) atoms. The maximum absolute atomic E-state index is 12.5. The van der Waals surface area contributed by atoms with Gasteiger partial charge in [-0.1, -0.05) is 29.4 Å². The van der Waals surface area contributed by atoms with E-state index in [9.17, 15) is 9.90 Å². The average molecular weight is 749 g/mol. The predicted molar refractivity (Wildman–Crippen MR) is 209 cm³/mol. The summed E-state index contributed by atoms with van der Waals surface area (Å²) in [7, 11) is 0. The molecule has 280 valence electrons. The molecule has 0 spiro atoms. The van der Waals surface area contributed by atoms with E-state index in [1.165, 1.54) is 24.6 Å². The van der Waals surface area contributed by atoms with Crippen LogP contribution in [0.4, 0.5) is 23.0 Å². The van der Waals surface area contributed by atoms with E-state index in [1.54, 1.807) is 12.4 Å². The summed E-state index contributed by atoms with van der Waals surface area (Å²) in [6.45, 7) is 10.1. The molecule has 0 radical (unpaired) electrons. The number of pyridine rings is 1. The number of nitrogens with one attached hydrogen (secondary N) is 2. The van der Waals surface area contributed by atoms with Crippen molar-refractivity contribution in [2.24, 2.45) is 17.6 Å². The lowest BCUT2D eigenvalue weighted by atomic mass is 9.90. The Morgan fingerprint density at radius 1 is 1.00 bits per heavy atom. The van der Waals surface area contributed by atoms with Crippen molar-refractivity contribution in [3.05, 3.63) is 53.4 Å². The Hall–Kier alpha value is -3.36. The molecule has 4 aliphatic rings. The molecule has 1 amide bonds. The van der Waals surface area contributed by atoms with Gasteiger partial charge in [0.1, 0.15) is 17.1 Å². The van der Waals surface area contributed by atoms with Gasteiger partial charge >= 0.3 is 0 Å². The number of amides is 1. The Kier molecular flexibility index (Phi) is 11.6. The molecule has 3 aromatic rings. The van der Waals surface area contributed by atoms with Crippen LogP contribution in [0.3, 0.4) is 0 Å². The van der Waals surface area contributed by atoms with Crippen molar-refractivity contribution in [2.75, 3.05) is 73.2 Å². The van der Waals surface area contributed by atoms with Crippen molar-refractivity contribution < 1.29 is 9.90 Å². The minimum atomic E-state index is -0.740. The molecular formula is C38H53ClN10O2S. The number of aliphatic hydroxyl groups excluding tert-OH is 1. The summed E-state index contributed by atoms with van der Waals surface area (Å²) in [5.74, 6) is 2.13. The normalized spacial score (nSPS) is 23.4. The zero-order chi connectivity index (χ0) is 36.2. The lowest BCUT2D eigenvalue weighted by molar-refractivity contribution is -0.128. The van der Waals surface area contributed by atoms with Crippen molar-refractivity contribution in [1.82, 2.24) is 25.2 Å². The summed E-state index contributed by atoms with van der Waals surface area (Å²) in [4.78, 5) is 34.4. The fourth-order valence-corrected chi connectivity index (χ4v) is 9.09. The highest BCUT2D eigenvalue weighted by Crippen LogP contribution is 2.39. The number of nitrogens with two attached hydrogens (primary N) is 2. The van der Waals surface area contributed by atoms with Crippen molar-refractivity contribution in [2.45, 2.75) is 85.9 Å². The maximum atomic E-state index is 12.5. The van der Waals surface area contributed by atoms with Crippen LogP contribution in [0.5, 0.6) is 0 Å². The zero-order valence-corrected chi connectivity index (χ0v) is 31.7. The molecule has 2 atom stereocenters. The number of nitrogens with zero attached hydrogens (tertiary/aromatic N) is 6. The predicted octanol–water partition coefficient (Wildman–Crippen LogP) is 4.93. The average Bonchev–Trinajstić information content (AvgIpc) is 3.14. The molecule has 4 saturated heterocycles. The Bertz CT molecular complexity index is 1690. The van der Waals surface area contributed by atoms with E-state index in [-0.39, 0.29) is 17.4 Å². The molecule has 4 aliphatic heterocycles. The Morgan fingerprint density at radius 2 is 1.75 bits per heavy atom. The lowest BCUT2D eigenvalue weighted by Gasteiger charge is -2.38. The second-order valence-electron chi connectivity index (χ2n) is 15.5. The molecule has 14 heteroatoms. The van der Waals surface area contributed by atoms with Crippen LogP contribution < -0.4 is 31.9 Å². The van der Waals surface area contributed by atoms with Crippen LogP contribution in [0.25, 0.3) is 0 Å². The first-order chi connectivity index (χ1) is 25.1. The molecular weight excluding hydrogens is 696 g/mol. The fraction of sp³-hybridized carbons (Fsp3) is 0.579. The smallest absolute Gasteiger partial charge is 0.229 e. The molecule has 2 aromatic heterocycles. The number of carbonyl (C=O) groups is 1. The van der Waals surface area contributed by atoms with Crippen molar-refractivity contribution in [3.63, 3.8) is 0 Å². The van der Waals surface area contributed by atoms with E-state index >= 15 is 0 Å². The van der Waals surface area contributed by atoms with E-state index < -0.39 is 6.23 Å². The zero-order valence-electron chi connectivity index (χ0n) is 30.1. The highest BCUT2D eigenvalue weighted by atomic mass is 35.5. The van der Waals surface area contributed by atoms with Crippen molar-refractivity contribution >= 4 is 52.3 Å².